The molecule has 5 nitrogen and oxygen atoms in total. The molecule has 0 aliphatic heterocycles. The molecule has 0 unspecified atom stereocenters. The number of nitrogens with one attached hydrogen (secondary N) is 1. The van der Waals surface area contributed by atoms with Crippen LogP contribution in [0.15, 0.2) is 33.5 Å². The van der Waals surface area contributed by atoms with E-state index >= 15 is 0 Å². The second-order valence-electron chi connectivity index (χ2n) is 4.61. The molecule has 0 aliphatic carbocycles. The van der Waals surface area contributed by atoms with E-state index in [1.165, 1.54) is 13.2 Å². The molecule has 0 bridgehead atoms. The van der Waals surface area contributed by atoms with Crippen LogP contribution in [0.5, 0.6) is 5.75 Å². The maximum Gasteiger partial charge on any atom is 0.349 e. The van der Waals surface area contributed by atoms with Gasteiger partial charge in [-0.05, 0) is 25.5 Å². The average Bonchev–Trinajstić information content (AvgIpc) is 2.45. The highest BCUT2D eigenvalue weighted by Crippen LogP contribution is 2.24. The van der Waals surface area contributed by atoms with Gasteiger partial charge in [0.05, 0.1) is 7.11 Å². The lowest BCUT2D eigenvalue weighted by atomic mass is 10.1. The summed E-state index contributed by atoms with van der Waals surface area (Å²) in [5, 5.41) is 3.40. The highest BCUT2D eigenvalue weighted by atomic mass is 16.5. The van der Waals surface area contributed by atoms with Crippen molar-refractivity contribution in [3.8, 4) is 5.75 Å². The van der Waals surface area contributed by atoms with Crippen LogP contribution in [0.2, 0.25) is 0 Å². The second kappa shape index (κ2) is 5.77. The van der Waals surface area contributed by atoms with Crippen LogP contribution < -0.4 is 15.7 Å². The van der Waals surface area contributed by atoms with Crippen molar-refractivity contribution in [1.29, 1.82) is 0 Å². The first-order valence-electron chi connectivity index (χ1n) is 6.48. The van der Waals surface area contributed by atoms with E-state index in [9.17, 15) is 9.59 Å². The summed E-state index contributed by atoms with van der Waals surface area (Å²) in [7, 11) is 1.50. The number of fused-ring (bicyclic) bond motifs is 1. The number of ether oxygens (including phenoxy) is 1. The first-order chi connectivity index (χ1) is 9.56. The van der Waals surface area contributed by atoms with Crippen LogP contribution in [0.25, 0.3) is 11.0 Å². The summed E-state index contributed by atoms with van der Waals surface area (Å²) in [6.07, 6.45) is 0.790. The maximum absolute atomic E-state index is 12.0. The molecule has 0 saturated carbocycles. The van der Waals surface area contributed by atoms with Gasteiger partial charge in [-0.25, -0.2) is 4.79 Å². The van der Waals surface area contributed by atoms with Gasteiger partial charge < -0.3 is 14.5 Å². The standard InChI is InChI=1S/C15H17NO4/c1-4-9(2)16-14(17)11-8-10-6-5-7-12(19-3)13(10)20-15(11)18/h5-9H,4H2,1-3H3,(H,16,17)/t9-/m1/s1. The Morgan fingerprint density at radius 1 is 1.45 bits per heavy atom. The predicted octanol–water partition coefficient (Wildman–Crippen LogP) is 2.33. The van der Waals surface area contributed by atoms with Gasteiger partial charge in [0.2, 0.25) is 0 Å². The van der Waals surface area contributed by atoms with Gasteiger partial charge in [-0.1, -0.05) is 19.1 Å². The van der Waals surface area contributed by atoms with Crippen LogP contribution in [0.1, 0.15) is 30.6 Å². The molecule has 1 amide bonds. The zero-order valence-corrected chi connectivity index (χ0v) is 11.7. The number of carbonyl (C=O) groups is 1. The highest BCUT2D eigenvalue weighted by Gasteiger charge is 2.16. The number of amides is 1. The zero-order valence-electron chi connectivity index (χ0n) is 11.7. The van der Waals surface area contributed by atoms with Crippen LogP contribution in [0.3, 0.4) is 0 Å². The summed E-state index contributed by atoms with van der Waals surface area (Å²) in [6, 6.07) is 6.77. The van der Waals surface area contributed by atoms with Crippen molar-refractivity contribution in [2.45, 2.75) is 26.3 Å². The third-order valence-electron chi connectivity index (χ3n) is 3.18. The van der Waals surface area contributed by atoms with Gasteiger partial charge >= 0.3 is 5.63 Å². The lowest BCUT2D eigenvalue weighted by molar-refractivity contribution is 0.0935. The Morgan fingerprint density at radius 3 is 2.85 bits per heavy atom. The fraction of sp³-hybridized carbons (Fsp3) is 0.333. The molecular weight excluding hydrogens is 258 g/mol. The number of carbonyl (C=O) groups excluding carboxylic acids is 1. The second-order valence-corrected chi connectivity index (χ2v) is 4.61. The molecule has 1 aromatic heterocycles. The normalized spacial score (nSPS) is 12.2. The van der Waals surface area contributed by atoms with E-state index in [-0.39, 0.29) is 11.6 Å². The molecule has 2 rings (SSSR count). The summed E-state index contributed by atoms with van der Waals surface area (Å²) in [4.78, 5) is 24.0. The predicted molar refractivity (Wildman–Crippen MR) is 76.3 cm³/mol. The zero-order chi connectivity index (χ0) is 14.7. The third-order valence-corrected chi connectivity index (χ3v) is 3.18. The molecule has 2 aromatic rings. The summed E-state index contributed by atoms with van der Waals surface area (Å²) in [6.45, 7) is 3.84. The van der Waals surface area contributed by atoms with E-state index in [1.807, 2.05) is 13.8 Å². The average molecular weight is 275 g/mol. The number of benzene rings is 1. The van der Waals surface area contributed by atoms with Crippen LogP contribution in [-0.4, -0.2) is 19.1 Å². The number of hydrogen-bond acceptors (Lipinski definition) is 4. The fourth-order valence-corrected chi connectivity index (χ4v) is 1.84. The van der Waals surface area contributed by atoms with Gasteiger partial charge in [0, 0.05) is 11.4 Å². The number of methoxy groups -OCH3 is 1. The van der Waals surface area contributed by atoms with E-state index in [0.717, 1.165) is 6.42 Å². The third kappa shape index (κ3) is 2.66. The van der Waals surface area contributed by atoms with Gasteiger partial charge in [0.1, 0.15) is 5.56 Å². The SMILES string of the molecule is CC[C@@H](C)NC(=O)c1cc2cccc(OC)c2oc1=O. The Hall–Kier alpha value is -2.30. The quantitative estimate of drug-likeness (QED) is 0.869. The monoisotopic (exact) mass is 275 g/mol. The Kier molecular flexibility index (Phi) is 4.08. The summed E-state index contributed by atoms with van der Waals surface area (Å²) >= 11 is 0. The van der Waals surface area contributed by atoms with Crippen molar-refractivity contribution in [2.75, 3.05) is 7.11 Å². The maximum atomic E-state index is 12.0. The molecular formula is C15H17NO4. The van der Waals surface area contributed by atoms with Crippen LogP contribution in [0.4, 0.5) is 0 Å². The lowest BCUT2D eigenvalue weighted by Gasteiger charge is -2.11. The van der Waals surface area contributed by atoms with Gasteiger partial charge in [-0.15, -0.1) is 0 Å². The number of hydrogen-bond donors (Lipinski definition) is 1. The van der Waals surface area contributed by atoms with Crippen molar-refractivity contribution >= 4 is 16.9 Å². The van der Waals surface area contributed by atoms with E-state index in [4.69, 9.17) is 9.15 Å². The minimum atomic E-state index is -0.664. The molecule has 0 saturated heterocycles. The van der Waals surface area contributed by atoms with Gasteiger partial charge in [0.25, 0.3) is 5.91 Å². The molecule has 1 aromatic carbocycles. The lowest BCUT2D eigenvalue weighted by Crippen LogP contribution is -2.34. The Balaban J connectivity index is 2.49. The molecule has 106 valence electrons. The smallest absolute Gasteiger partial charge is 0.349 e. The van der Waals surface area contributed by atoms with Crippen LogP contribution in [-0.2, 0) is 0 Å². The molecule has 1 atom stereocenters. The molecule has 0 aliphatic rings. The van der Waals surface area contributed by atoms with Crippen molar-refractivity contribution < 1.29 is 13.9 Å². The van der Waals surface area contributed by atoms with Crippen molar-refractivity contribution in [3.05, 3.63) is 40.2 Å². The van der Waals surface area contributed by atoms with E-state index < -0.39 is 11.5 Å². The van der Waals surface area contributed by atoms with E-state index in [0.29, 0.717) is 16.7 Å². The largest absolute Gasteiger partial charge is 0.493 e. The fourth-order valence-electron chi connectivity index (χ4n) is 1.84. The summed E-state index contributed by atoms with van der Waals surface area (Å²) < 4.78 is 10.3. The summed E-state index contributed by atoms with van der Waals surface area (Å²) in [5.74, 6) is 0.0475. The molecule has 0 radical (unpaired) electrons. The van der Waals surface area contributed by atoms with Gasteiger partial charge in [0.15, 0.2) is 11.3 Å². The topological polar surface area (TPSA) is 68.5 Å². The van der Waals surface area contributed by atoms with E-state index in [1.54, 1.807) is 18.2 Å². The minimum Gasteiger partial charge on any atom is -0.493 e. The van der Waals surface area contributed by atoms with Crippen molar-refractivity contribution in [1.82, 2.24) is 5.32 Å². The Bertz CT molecular complexity index is 690. The number of rotatable bonds is 4. The van der Waals surface area contributed by atoms with Crippen LogP contribution >= 0.6 is 0 Å². The highest BCUT2D eigenvalue weighted by molar-refractivity contribution is 5.97. The molecule has 0 spiro atoms. The molecule has 1 N–H and O–H groups in total. The molecule has 1 heterocycles. The molecule has 0 fully saturated rings. The first-order valence-corrected chi connectivity index (χ1v) is 6.48. The summed E-state index contributed by atoms with van der Waals surface area (Å²) in [5.41, 5.74) is -0.311. The van der Waals surface area contributed by atoms with Crippen LogP contribution in [0, 0.1) is 0 Å². The van der Waals surface area contributed by atoms with E-state index in [2.05, 4.69) is 5.32 Å². The number of para-hydroxylation sites is 1. The minimum absolute atomic E-state index is 0.00269. The molecule has 5 heteroatoms. The van der Waals surface area contributed by atoms with Crippen molar-refractivity contribution in [3.63, 3.8) is 0 Å². The van der Waals surface area contributed by atoms with Gasteiger partial charge in [-0.2, -0.15) is 0 Å². The Morgan fingerprint density at radius 2 is 2.20 bits per heavy atom. The Labute approximate surface area is 116 Å². The van der Waals surface area contributed by atoms with Gasteiger partial charge in [-0.3, -0.25) is 4.79 Å². The first kappa shape index (κ1) is 14.1. The molecule has 20 heavy (non-hydrogen) atoms. The van der Waals surface area contributed by atoms with Crippen molar-refractivity contribution in [2.24, 2.45) is 0 Å².